The fourth-order valence-corrected chi connectivity index (χ4v) is 1.87. The number of aromatic nitrogens is 1. The first-order valence-electron chi connectivity index (χ1n) is 6.02. The molecule has 0 unspecified atom stereocenters. The van der Waals surface area contributed by atoms with Gasteiger partial charge in [0.1, 0.15) is 11.5 Å². The van der Waals surface area contributed by atoms with Crippen LogP contribution in [-0.2, 0) is 4.79 Å². The molecule has 1 aromatic heterocycles. The van der Waals surface area contributed by atoms with Crippen LogP contribution < -0.4 is 10.9 Å². The van der Waals surface area contributed by atoms with E-state index in [1.807, 2.05) is 0 Å². The highest BCUT2D eigenvalue weighted by Crippen LogP contribution is 2.28. The van der Waals surface area contributed by atoms with E-state index in [4.69, 9.17) is 0 Å². The molecule has 1 aromatic carbocycles. The summed E-state index contributed by atoms with van der Waals surface area (Å²) in [4.78, 5) is 26.0. The quantitative estimate of drug-likeness (QED) is 0.716. The van der Waals surface area contributed by atoms with E-state index < -0.39 is 11.7 Å². The average Bonchev–Trinajstić information content (AvgIpc) is 3.15. The van der Waals surface area contributed by atoms with E-state index in [1.54, 1.807) is 12.1 Å². The number of fused-ring (bicyclic) bond motifs is 1. The van der Waals surface area contributed by atoms with Crippen molar-refractivity contribution in [3.05, 3.63) is 35.8 Å². The Morgan fingerprint density at radius 1 is 1.26 bits per heavy atom. The van der Waals surface area contributed by atoms with Crippen molar-refractivity contribution < 1.29 is 14.0 Å². The van der Waals surface area contributed by atoms with Gasteiger partial charge in [-0.05, 0) is 31.0 Å². The minimum absolute atomic E-state index is 0.0143. The fourth-order valence-electron chi connectivity index (χ4n) is 1.87. The monoisotopic (exact) mass is 261 g/mol. The summed E-state index contributed by atoms with van der Waals surface area (Å²) in [6.45, 7) is 0. The van der Waals surface area contributed by atoms with E-state index in [-0.39, 0.29) is 17.5 Å². The molecule has 2 amide bonds. The Labute approximate surface area is 108 Å². The highest BCUT2D eigenvalue weighted by molar-refractivity contribution is 5.99. The zero-order valence-corrected chi connectivity index (χ0v) is 10.00. The van der Waals surface area contributed by atoms with E-state index in [0.29, 0.717) is 10.9 Å². The van der Waals surface area contributed by atoms with Gasteiger partial charge in [-0.3, -0.25) is 20.4 Å². The van der Waals surface area contributed by atoms with Crippen molar-refractivity contribution >= 4 is 22.7 Å². The lowest BCUT2D eigenvalue weighted by Gasteiger charge is -2.04. The van der Waals surface area contributed by atoms with Gasteiger partial charge in [-0.15, -0.1) is 0 Å². The van der Waals surface area contributed by atoms with Gasteiger partial charge in [-0.25, -0.2) is 4.39 Å². The minimum Gasteiger partial charge on any atom is -0.350 e. The SMILES string of the molecule is O=C(NNC(=O)C1CC1)c1cc2c(F)cccc2[nH]1. The molecule has 0 radical (unpaired) electrons. The number of hydrogen-bond acceptors (Lipinski definition) is 2. The highest BCUT2D eigenvalue weighted by atomic mass is 19.1. The number of H-pyrrole nitrogens is 1. The van der Waals surface area contributed by atoms with Crippen LogP contribution in [-0.4, -0.2) is 16.8 Å². The topological polar surface area (TPSA) is 74.0 Å². The van der Waals surface area contributed by atoms with Crippen molar-refractivity contribution in [1.82, 2.24) is 15.8 Å². The second-order valence-electron chi connectivity index (χ2n) is 4.60. The molecule has 1 fully saturated rings. The summed E-state index contributed by atoms with van der Waals surface area (Å²) in [7, 11) is 0. The predicted molar refractivity (Wildman–Crippen MR) is 66.6 cm³/mol. The summed E-state index contributed by atoms with van der Waals surface area (Å²) in [5, 5.41) is 0.348. The van der Waals surface area contributed by atoms with Gasteiger partial charge in [-0.2, -0.15) is 0 Å². The molecule has 6 heteroatoms. The summed E-state index contributed by atoms with van der Waals surface area (Å²) in [6.07, 6.45) is 1.72. The molecule has 0 saturated heterocycles. The van der Waals surface area contributed by atoms with Gasteiger partial charge in [0.15, 0.2) is 0 Å². The fraction of sp³-hybridized carbons (Fsp3) is 0.231. The maximum atomic E-state index is 13.5. The van der Waals surface area contributed by atoms with Gasteiger partial charge in [0.2, 0.25) is 5.91 Å². The Kier molecular flexibility index (Phi) is 2.70. The molecule has 1 heterocycles. The molecule has 1 saturated carbocycles. The van der Waals surface area contributed by atoms with E-state index in [9.17, 15) is 14.0 Å². The number of nitrogens with one attached hydrogen (secondary N) is 3. The molecule has 19 heavy (non-hydrogen) atoms. The number of benzene rings is 1. The van der Waals surface area contributed by atoms with Gasteiger partial charge in [0.25, 0.3) is 5.91 Å². The van der Waals surface area contributed by atoms with Crippen molar-refractivity contribution in [3.8, 4) is 0 Å². The third-order valence-electron chi connectivity index (χ3n) is 3.10. The zero-order valence-electron chi connectivity index (χ0n) is 10.00. The lowest BCUT2D eigenvalue weighted by atomic mass is 10.2. The third kappa shape index (κ3) is 2.29. The number of rotatable bonds is 2. The van der Waals surface area contributed by atoms with E-state index >= 15 is 0 Å². The molecule has 0 atom stereocenters. The van der Waals surface area contributed by atoms with Crippen molar-refractivity contribution in [2.45, 2.75) is 12.8 Å². The van der Waals surface area contributed by atoms with Gasteiger partial charge in [0.05, 0.1) is 0 Å². The van der Waals surface area contributed by atoms with Crippen LogP contribution in [0.2, 0.25) is 0 Å². The van der Waals surface area contributed by atoms with Crippen LogP contribution in [0.1, 0.15) is 23.3 Å². The second-order valence-corrected chi connectivity index (χ2v) is 4.60. The summed E-state index contributed by atoms with van der Waals surface area (Å²) in [6, 6.07) is 5.98. The largest absolute Gasteiger partial charge is 0.350 e. The molecular weight excluding hydrogens is 249 g/mol. The standard InChI is InChI=1S/C13H12FN3O2/c14-9-2-1-3-10-8(9)6-11(15-10)13(19)17-16-12(18)7-4-5-7/h1-3,6-7,15H,4-5H2,(H,16,18)(H,17,19). The average molecular weight is 261 g/mol. The van der Waals surface area contributed by atoms with Crippen LogP contribution in [0.25, 0.3) is 10.9 Å². The Hall–Kier alpha value is -2.37. The first-order chi connectivity index (χ1) is 9.15. The highest BCUT2D eigenvalue weighted by Gasteiger charge is 2.29. The van der Waals surface area contributed by atoms with Crippen LogP contribution in [0.4, 0.5) is 4.39 Å². The maximum Gasteiger partial charge on any atom is 0.286 e. The number of hydrogen-bond donors (Lipinski definition) is 3. The molecule has 0 bridgehead atoms. The molecule has 1 aliphatic carbocycles. The first kappa shape index (κ1) is 11.7. The minimum atomic E-state index is -0.496. The number of hydrazine groups is 1. The number of amides is 2. The normalized spacial score (nSPS) is 14.4. The first-order valence-corrected chi connectivity index (χ1v) is 6.02. The molecule has 1 aliphatic rings. The number of aromatic amines is 1. The zero-order chi connectivity index (χ0) is 13.4. The Balaban J connectivity index is 1.74. The van der Waals surface area contributed by atoms with E-state index in [1.165, 1.54) is 12.1 Å². The van der Waals surface area contributed by atoms with E-state index in [2.05, 4.69) is 15.8 Å². The molecule has 98 valence electrons. The summed E-state index contributed by atoms with van der Waals surface area (Å²) in [5.74, 6) is -1.06. The predicted octanol–water partition coefficient (Wildman–Crippen LogP) is 1.48. The lowest BCUT2D eigenvalue weighted by molar-refractivity contribution is -0.123. The van der Waals surface area contributed by atoms with Crippen LogP contribution >= 0.6 is 0 Å². The van der Waals surface area contributed by atoms with E-state index in [0.717, 1.165) is 12.8 Å². The Morgan fingerprint density at radius 3 is 2.74 bits per heavy atom. The molecule has 0 spiro atoms. The van der Waals surface area contributed by atoms with Gasteiger partial charge >= 0.3 is 0 Å². The smallest absolute Gasteiger partial charge is 0.286 e. The molecule has 5 nitrogen and oxygen atoms in total. The molecular formula is C13H12FN3O2. The van der Waals surface area contributed by atoms with Crippen molar-refractivity contribution in [1.29, 1.82) is 0 Å². The summed E-state index contributed by atoms with van der Waals surface area (Å²) in [5.41, 5.74) is 5.40. The third-order valence-corrected chi connectivity index (χ3v) is 3.10. The second kappa shape index (κ2) is 4.38. The number of carbonyl (C=O) groups is 2. The van der Waals surface area contributed by atoms with Crippen LogP contribution in [0.3, 0.4) is 0 Å². The number of carbonyl (C=O) groups excluding carboxylic acids is 2. The van der Waals surface area contributed by atoms with Gasteiger partial charge < -0.3 is 4.98 Å². The summed E-state index contributed by atoms with van der Waals surface area (Å²) < 4.78 is 13.5. The van der Waals surface area contributed by atoms with Crippen LogP contribution in [0.15, 0.2) is 24.3 Å². The Bertz CT molecular complexity index is 661. The van der Waals surface area contributed by atoms with Crippen molar-refractivity contribution in [2.75, 3.05) is 0 Å². The Morgan fingerprint density at radius 2 is 2.05 bits per heavy atom. The molecule has 3 rings (SSSR count). The number of halogens is 1. The maximum absolute atomic E-state index is 13.5. The van der Waals surface area contributed by atoms with Gasteiger partial charge in [-0.1, -0.05) is 6.07 Å². The van der Waals surface area contributed by atoms with Crippen LogP contribution in [0.5, 0.6) is 0 Å². The van der Waals surface area contributed by atoms with Crippen molar-refractivity contribution in [3.63, 3.8) is 0 Å². The lowest BCUT2D eigenvalue weighted by Crippen LogP contribution is -2.42. The molecule has 2 aromatic rings. The van der Waals surface area contributed by atoms with Gasteiger partial charge in [0, 0.05) is 16.8 Å². The molecule has 3 N–H and O–H groups in total. The summed E-state index contributed by atoms with van der Waals surface area (Å²) >= 11 is 0. The van der Waals surface area contributed by atoms with Crippen molar-refractivity contribution in [2.24, 2.45) is 5.92 Å². The molecule has 0 aliphatic heterocycles. The van der Waals surface area contributed by atoms with Crippen LogP contribution in [0, 0.1) is 11.7 Å².